The molecule has 0 saturated heterocycles. The van der Waals surface area contributed by atoms with Crippen LogP contribution in [0.15, 0.2) is 36.4 Å². The Morgan fingerprint density at radius 2 is 1.71 bits per heavy atom. The molecule has 1 N–H and O–H groups in total. The van der Waals surface area contributed by atoms with Gasteiger partial charge in [0.05, 0.1) is 0 Å². The first-order valence-electron chi connectivity index (χ1n) is 6.64. The molecule has 2 rings (SSSR count). The number of halogens is 4. The quantitative estimate of drug-likeness (QED) is 0.847. The summed E-state index contributed by atoms with van der Waals surface area (Å²) in [5.41, 5.74) is 0.231. The minimum absolute atomic E-state index is 0.00358. The molecule has 0 amide bonds. The van der Waals surface area contributed by atoms with E-state index in [2.05, 4.69) is 5.32 Å². The van der Waals surface area contributed by atoms with Gasteiger partial charge < -0.3 is 5.32 Å². The van der Waals surface area contributed by atoms with E-state index < -0.39 is 23.5 Å². The number of hydrogen-bond acceptors (Lipinski definition) is 1. The molecule has 2 aromatic carbocycles. The summed E-state index contributed by atoms with van der Waals surface area (Å²) in [6.45, 7) is 2.37. The van der Waals surface area contributed by atoms with E-state index in [1.165, 1.54) is 36.4 Å². The molecule has 0 spiro atoms. The van der Waals surface area contributed by atoms with Crippen molar-refractivity contribution in [2.75, 3.05) is 6.54 Å². The van der Waals surface area contributed by atoms with Gasteiger partial charge in [-0.05, 0) is 43.3 Å². The minimum Gasteiger partial charge on any atom is -0.310 e. The zero-order valence-electron chi connectivity index (χ0n) is 11.5. The van der Waals surface area contributed by atoms with Crippen LogP contribution in [0, 0.1) is 17.5 Å². The Kier molecular flexibility index (Phi) is 5.26. The van der Waals surface area contributed by atoms with Crippen LogP contribution in [0.2, 0.25) is 5.02 Å². The Hall–Kier alpha value is -1.52. The Morgan fingerprint density at radius 3 is 2.33 bits per heavy atom. The molecule has 5 heteroatoms. The lowest BCUT2D eigenvalue weighted by Gasteiger charge is -2.20. The fourth-order valence-corrected chi connectivity index (χ4v) is 2.43. The van der Waals surface area contributed by atoms with Crippen LogP contribution in [0.25, 0.3) is 0 Å². The highest BCUT2D eigenvalue weighted by Crippen LogP contribution is 2.26. The summed E-state index contributed by atoms with van der Waals surface area (Å²) in [5, 5.41) is 3.42. The van der Waals surface area contributed by atoms with Crippen molar-refractivity contribution < 1.29 is 13.2 Å². The second kappa shape index (κ2) is 6.96. The maximum atomic E-state index is 14.0. The van der Waals surface area contributed by atoms with Crippen LogP contribution in [0.5, 0.6) is 0 Å². The second-order valence-electron chi connectivity index (χ2n) is 4.68. The highest BCUT2D eigenvalue weighted by atomic mass is 35.5. The summed E-state index contributed by atoms with van der Waals surface area (Å²) in [6, 6.07) is 7.29. The summed E-state index contributed by atoms with van der Waals surface area (Å²) in [7, 11) is 0. The number of benzene rings is 2. The molecular weight excluding hydrogens is 299 g/mol. The lowest BCUT2D eigenvalue weighted by molar-refractivity contribution is 0.480. The average Bonchev–Trinajstić information content (AvgIpc) is 2.44. The molecule has 0 radical (unpaired) electrons. The predicted octanol–water partition coefficient (Wildman–Crippen LogP) is 4.65. The third-order valence-corrected chi connectivity index (χ3v) is 3.49. The van der Waals surface area contributed by atoms with Crippen molar-refractivity contribution in [3.63, 3.8) is 0 Å². The fourth-order valence-electron chi connectivity index (χ4n) is 2.25. The van der Waals surface area contributed by atoms with Crippen LogP contribution in [-0.2, 0) is 6.42 Å². The Labute approximate surface area is 126 Å². The Bertz CT molecular complexity index is 611. The number of nitrogens with one attached hydrogen (secondary N) is 1. The van der Waals surface area contributed by atoms with Gasteiger partial charge in [-0.2, -0.15) is 0 Å². The van der Waals surface area contributed by atoms with Gasteiger partial charge in [-0.3, -0.25) is 0 Å². The largest absolute Gasteiger partial charge is 0.310 e. The lowest BCUT2D eigenvalue weighted by atomic mass is 9.97. The molecule has 0 aromatic heterocycles. The predicted molar refractivity (Wildman–Crippen MR) is 77.9 cm³/mol. The van der Waals surface area contributed by atoms with Crippen molar-refractivity contribution in [2.45, 2.75) is 19.4 Å². The van der Waals surface area contributed by atoms with Crippen molar-refractivity contribution in [1.29, 1.82) is 0 Å². The normalized spacial score (nSPS) is 12.4. The van der Waals surface area contributed by atoms with Gasteiger partial charge >= 0.3 is 0 Å². The summed E-state index contributed by atoms with van der Waals surface area (Å²) >= 11 is 5.88. The highest BCUT2D eigenvalue weighted by molar-refractivity contribution is 6.30. The van der Waals surface area contributed by atoms with Gasteiger partial charge in [-0.25, -0.2) is 13.2 Å². The molecule has 0 bridgehead atoms. The second-order valence-corrected chi connectivity index (χ2v) is 5.12. The molecule has 0 saturated carbocycles. The van der Waals surface area contributed by atoms with Crippen LogP contribution in [0.1, 0.15) is 24.1 Å². The van der Waals surface area contributed by atoms with Gasteiger partial charge in [0.2, 0.25) is 0 Å². The zero-order chi connectivity index (χ0) is 15.4. The van der Waals surface area contributed by atoms with E-state index in [1.54, 1.807) is 0 Å². The van der Waals surface area contributed by atoms with E-state index in [1.807, 2.05) is 6.92 Å². The van der Waals surface area contributed by atoms with E-state index in [0.29, 0.717) is 17.1 Å². The van der Waals surface area contributed by atoms with E-state index in [9.17, 15) is 13.2 Å². The molecule has 1 unspecified atom stereocenters. The first kappa shape index (κ1) is 15.9. The molecule has 0 aliphatic rings. The van der Waals surface area contributed by atoms with Gasteiger partial charge in [-0.1, -0.05) is 24.6 Å². The standard InChI is InChI=1S/C16H15ClF3N/c1-2-21-16(12-8-10(17)6-7-15(12)20)9-11-13(18)4-3-5-14(11)19/h3-8,16,21H,2,9H2,1H3. The van der Waals surface area contributed by atoms with Crippen LogP contribution < -0.4 is 5.32 Å². The van der Waals surface area contributed by atoms with Crippen LogP contribution in [0.3, 0.4) is 0 Å². The maximum absolute atomic E-state index is 14.0. The molecule has 21 heavy (non-hydrogen) atoms. The zero-order valence-corrected chi connectivity index (χ0v) is 12.2. The van der Waals surface area contributed by atoms with Crippen LogP contribution >= 0.6 is 11.6 Å². The fraction of sp³-hybridized carbons (Fsp3) is 0.250. The molecule has 0 aliphatic carbocycles. The third-order valence-electron chi connectivity index (χ3n) is 3.25. The van der Waals surface area contributed by atoms with Crippen molar-refractivity contribution in [2.24, 2.45) is 0 Å². The summed E-state index contributed by atoms with van der Waals surface area (Å²) in [5.74, 6) is -1.73. The van der Waals surface area contributed by atoms with E-state index in [-0.39, 0.29) is 12.0 Å². The topological polar surface area (TPSA) is 12.0 Å². The van der Waals surface area contributed by atoms with E-state index >= 15 is 0 Å². The molecular formula is C16H15ClF3N. The molecule has 2 aromatic rings. The smallest absolute Gasteiger partial charge is 0.129 e. The molecule has 112 valence electrons. The molecule has 0 fully saturated rings. The summed E-state index contributed by atoms with van der Waals surface area (Å²) in [4.78, 5) is 0. The van der Waals surface area contributed by atoms with Crippen molar-refractivity contribution in [3.8, 4) is 0 Å². The Balaban J connectivity index is 2.38. The van der Waals surface area contributed by atoms with E-state index in [4.69, 9.17) is 11.6 Å². The summed E-state index contributed by atoms with van der Waals surface area (Å²) in [6.07, 6.45) is 0.00358. The minimum atomic E-state index is -0.639. The van der Waals surface area contributed by atoms with Gasteiger partial charge in [0.1, 0.15) is 17.5 Å². The van der Waals surface area contributed by atoms with Gasteiger partial charge in [0, 0.05) is 22.2 Å². The number of likely N-dealkylation sites (N-methyl/N-ethyl adjacent to an activating group) is 1. The summed E-state index contributed by atoms with van der Waals surface area (Å²) < 4.78 is 41.5. The van der Waals surface area contributed by atoms with Gasteiger partial charge in [-0.15, -0.1) is 0 Å². The first-order valence-corrected chi connectivity index (χ1v) is 7.02. The van der Waals surface area contributed by atoms with E-state index in [0.717, 1.165) is 0 Å². The maximum Gasteiger partial charge on any atom is 0.129 e. The monoisotopic (exact) mass is 313 g/mol. The Morgan fingerprint density at radius 1 is 1.05 bits per heavy atom. The van der Waals surface area contributed by atoms with Crippen molar-refractivity contribution in [3.05, 3.63) is 70.0 Å². The van der Waals surface area contributed by atoms with Gasteiger partial charge in [0.15, 0.2) is 0 Å². The van der Waals surface area contributed by atoms with Gasteiger partial charge in [0.25, 0.3) is 0 Å². The average molecular weight is 314 g/mol. The highest BCUT2D eigenvalue weighted by Gasteiger charge is 2.20. The molecule has 0 aliphatic heterocycles. The van der Waals surface area contributed by atoms with Crippen molar-refractivity contribution >= 4 is 11.6 Å². The SMILES string of the molecule is CCNC(Cc1c(F)cccc1F)c1cc(Cl)ccc1F. The van der Waals surface area contributed by atoms with Crippen LogP contribution in [-0.4, -0.2) is 6.54 Å². The lowest BCUT2D eigenvalue weighted by Crippen LogP contribution is -2.24. The third kappa shape index (κ3) is 3.77. The number of rotatable bonds is 5. The first-order chi connectivity index (χ1) is 10.0. The number of hydrogen-bond donors (Lipinski definition) is 1. The molecule has 1 atom stereocenters. The molecule has 1 nitrogen and oxygen atoms in total. The van der Waals surface area contributed by atoms with Crippen LogP contribution in [0.4, 0.5) is 13.2 Å². The molecule has 0 heterocycles. The van der Waals surface area contributed by atoms with Crippen molar-refractivity contribution in [1.82, 2.24) is 5.32 Å².